The van der Waals surface area contributed by atoms with Crippen LogP contribution in [0, 0.1) is 11.7 Å². The van der Waals surface area contributed by atoms with Gasteiger partial charge in [-0.1, -0.05) is 11.6 Å². The lowest BCUT2D eigenvalue weighted by molar-refractivity contribution is -0.0949. The second-order valence-corrected chi connectivity index (χ2v) is 7.68. The molecule has 1 amide bonds. The van der Waals surface area contributed by atoms with Crippen LogP contribution in [0.25, 0.3) is 0 Å². The number of halogens is 4. The van der Waals surface area contributed by atoms with E-state index in [1.54, 1.807) is 0 Å². The average molecular weight is 455 g/mol. The van der Waals surface area contributed by atoms with Crippen LogP contribution < -0.4 is 15.8 Å². The zero-order chi connectivity index (χ0) is 22.3. The van der Waals surface area contributed by atoms with E-state index in [1.807, 2.05) is 0 Å². The quantitative estimate of drug-likeness (QED) is 0.717. The van der Waals surface area contributed by atoms with Gasteiger partial charge < -0.3 is 20.5 Å². The molecule has 2 heterocycles. The minimum Gasteiger partial charge on any atom is -0.495 e. The number of hydrogen-bond acceptors (Lipinski definition) is 6. The van der Waals surface area contributed by atoms with Gasteiger partial charge in [-0.05, 0) is 31.0 Å². The molecule has 0 radical (unpaired) electrons. The number of rotatable bonds is 5. The van der Waals surface area contributed by atoms with E-state index in [9.17, 15) is 18.0 Å². The third-order valence-electron chi connectivity index (χ3n) is 5.60. The number of methoxy groups -OCH3 is 1. The molecule has 2 aromatic rings. The van der Waals surface area contributed by atoms with Crippen LogP contribution in [0.5, 0.6) is 5.75 Å². The van der Waals surface area contributed by atoms with E-state index in [0.717, 1.165) is 12.1 Å². The number of anilines is 1. The van der Waals surface area contributed by atoms with E-state index in [1.165, 1.54) is 25.4 Å². The van der Waals surface area contributed by atoms with Gasteiger partial charge in [-0.15, -0.1) is 0 Å². The van der Waals surface area contributed by atoms with Crippen molar-refractivity contribution in [1.82, 2.24) is 4.98 Å². The van der Waals surface area contributed by atoms with Crippen molar-refractivity contribution in [2.24, 2.45) is 16.6 Å². The number of fused-ring (bicyclic) bond motifs is 1. The van der Waals surface area contributed by atoms with Crippen LogP contribution in [-0.2, 0) is 10.3 Å². The summed E-state index contributed by atoms with van der Waals surface area (Å²) in [6.07, 6.45) is -1.39. The number of benzene rings is 1. The van der Waals surface area contributed by atoms with E-state index < -0.39 is 41.7 Å². The summed E-state index contributed by atoms with van der Waals surface area (Å²) in [6, 6.07) is 4.37. The van der Waals surface area contributed by atoms with Gasteiger partial charge in [0.25, 0.3) is 18.4 Å². The number of amides is 1. The highest BCUT2D eigenvalue weighted by Crippen LogP contribution is 2.53. The number of amidine groups is 1. The second kappa shape index (κ2) is 7.92. The number of carbonyl (C=O) groups excluding carboxylic acids is 1. The lowest BCUT2D eigenvalue weighted by Crippen LogP contribution is -2.57. The normalized spacial score (nSPS) is 24.5. The molecule has 1 aliphatic heterocycles. The molecule has 7 nitrogen and oxygen atoms in total. The number of aromatic nitrogens is 1. The average Bonchev–Trinajstić information content (AvgIpc) is 2.70. The Labute approximate surface area is 180 Å². The second-order valence-electron chi connectivity index (χ2n) is 7.27. The standard InChI is InChI=1S/C20H18ClF3N4O3/c1-30-10-7-13(21)16(26-8-10)17(29)27-9-2-4-14(22)12(6-9)20(18(23)24)11-3-5-15(11)31-19(25)28-20/h2,4,6-8,11,15,18H,3,5H2,1H3,(H2,25,28)(H,27,29). The Hall–Kier alpha value is -3.01. The van der Waals surface area contributed by atoms with Crippen molar-refractivity contribution < 1.29 is 27.4 Å². The molecular formula is C20H18ClF3N4O3. The highest BCUT2D eigenvalue weighted by molar-refractivity contribution is 6.34. The molecule has 0 saturated heterocycles. The van der Waals surface area contributed by atoms with Crippen molar-refractivity contribution in [2.75, 3.05) is 12.4 Å². The van der Waals surface area contributed by atoms with E-state index in [-0.39, 0.29) is 22.0 Å². The van der Waals surface area contributed by atoms with Crippen LogP contribution >= 0.6 is 11.6 Å². The Bertz CT molecular complexity index is 1070. The van der Waals surface area contributed by atoms with E-state index in [2.05, 4.69) is 15.3 Å². The molecule has 1 aromatic heterocycles. The van der Waals surface area contributed by atoms with Crippen LogP contribution in [0.3, 0.4) is 0 Å². The maximum absolute atomic E-state index is 14.8. The Morgan fingerprint density at radius 1 is 1.39 bits per heavy atom. The predicted octanol–water partition coefficient (Wildman–Crippen LogP) is 3.72. The van der Waals surface area contributed by atoms with Gasteiger partial charge in [0.05, 0.1) is 18.3 Å². The molecule has 3 unspecified atom stereocenters. The number of aliphatic imine (C=N–C) groups is 1. The lowest BCUT2D eigenvalue weighted by atomic mass is 9.65. The van der Waals surface area contributed by atoms with Crippen molar-refractivity contribution in [2.45, 2.75) is 30.9 Å². The largest absolute Gasteiger partial charge is 0.495 e. The zero-order valence-corrected chi connectivity index (χ0v) is 17.0. The first-order chi connectivity index (χ1) is 14.8. The van der Waals surface area contributed by atoms with Crippen molar-refractivity contribution in [3.8, 4) is 5.75 Å². The van der Waals surface area contributed by atoms with Gasteiger partial charge in [0, 0.05) is 23.2 Å². The molecular weight excluding hydrogens is 437 g/mol. The summed E-state index contributed by atoms with van der Waals surface area (Å²) in [5.41, 5.74) is 3.03. The number of carbonyl (C=O) groups is 1. The maximum atomic E-state index is 14.8. The van der Waals surface area contributed by atoms with Gasteiger partial charge in [-0.2, -0.15) is 0 Å². The third kappa shape index (κ3) is 3.54. The minimum absolute atomic E-state index is 0.0300. The summed E-state index contributed by atoms with van der Waals surface area (Å²) in [6.45, 7) is 0. The first-order valence-corrected chi connectivity index (χ1v) is 9.75. The SMILES string of the molecule is COc1cnc(C(=O)Nc2ccc(F)c(C3(C(F)F)N=C(N)OC4CCC43)c2)c(Cl)c1. The molecule has 0 spiro atoms. The van der Waals surface area contributed by atoms with Crippen LogP contribution in [0.1, 0.15) is 28.9 Å². The molecule has 0 bridgehead atoms. The lowest BCUT2D eigenvalue weighted by Gasteiger charge is -2.50. The summed E-state index contributed by atoms with van der Waals surface area (Å²) in [5, 5.41) is 2.54. The fourth-order valence-electron chi connectivity index (χ4n) is 3.95. The van der Waals surface area contributed by atoms with Crippen molar-refractivity contribution in [1.29, 1.82) is 0 Å². The Balaban J connectivity index is 1.70. The van der Waals surface area contributed by atoms with Crippen molar-refractivity contribution in [3.05, 3.63) is 52.6 Å². The molecule has 3 atom stereocenters. The maximum Gasteiger partial charge on any atom is 0.283 e. The Morgan fingerprint density at radius 2 is 2.16 bits per heavy atom. The summed E-state index contributed by atoms with van der Waals surface area (Å²) in [7, 11) is 1.42. The molecule has 3 N–H and O–H groups in total. The highest BCUT2D eigenvalue weighted by Gasteiger charge is 2.59. The number of pyridine rings is 1. The number of alkyl halides is 2. The van der Waals surface area contributed by atoms with Gasteiger partial charge in [0.1, 0.15) is 23.4 Å². The summed E-state index contributed by atoms with van der Waals surface area (Å²) >= 11 is 6.06. The molecule has 1 aliphatic carbocycles. The predicted molar refractivity (Wildman–Crippen MR) is 107 cm³/mol. The van der Waals surface area contributed by atoms with E-state index in [4.69, 9.17) is 26.8 Å². The smallest absolute Gasteiger partial charge is 0.283 e. The zero-order valence-electron chi connectivity index (χ0n) is 16.2. The Morgan fingerprint density at radius 3 is 2.77 bits per heavy atom. The van der Waals surface area contributed by atoms with Crippen LogP contribution in [-0.4, -0.2) is 36.6 Å². The highest BCUT2D eigenvalue weighted by atomic mass is 35.5. The molecule has 1 fully saturated rings. The molecule has 11 heteroatoms. The number of nitrogens with one attached hydrogen (secondary N) is 1. The van der Waals surface area contributed by atoms with Gasteiger partial charge in [0.2, 0.25) is 0 Å². The van der Waals surface area contributed by atoms with Crippen LogP contribution in [0.15, 0.2) is 35.5 Å². The molecule has 31 heavy (non-hydrogen) atoms. The topological polar surface area (TPSA) is 98.8 Å². The number of nitrogens with two attached hydrogens (primary N) is 1. The molecule has 164 valence electrons. The van der Waals surface area contributed by atoms with E-state index in [0.29, 0.717) is 18.6 Å². The molecule has 1 aromatic carbocycles. The van der Waals surface area contributed by atoms with Gasteiger partial charge >= 0.3 is 0 Å². The fraction of sp³-hybridized carbons (Fsp3) is 0.350. The number of ether oxygens (including phenoxy) is 2. The van der Waals surface area contributed by atoms with Crippen LogP contribution in [0.4, 0.5) is 18.9 Å². The van der Waals surface area contributed by atoms with Gasteiger partial charge in [-0.3, -0.25) is 4.79 Å². The number of hydrogen-bond donors (Lipinski definition) is 2. The summed E-state index contributed by atoms with van der Waals surface area (Å²) in [4.78, 5) is 20.4. The first kappa shape index (κ1) is 21.2. The summed E-state index contributed by atoms with van der Waals surface area (Å²) < 4.78 is 53.8. The first-order valence-electron chi connectivity index (χ1n) is 9.37. The van der Waals surface area contributed by atoms with Crippen molar-refractivity contribution >= 4 is 29.2 Å². The van der Waals surface area contributed by atoms with Gasteiger partial charge in [-0.25, -0.2) is 23.1 Å². The molecule has 2 aliphatic rings. The molecule has 4 rings (SSSR count). The minimum atomic E-state index is -3.04. The van der Waals surface area contributed by atoms with E-state index >= 15 is 0 Å². The monoisotopic (exact) mass is 454 g/mol. The van der Waals surface area contributed by atoms with Gasteiger partial charge in [0.15, 0.2) is 5.54 Å². The molecule has 1 saturated carbocycles. The van der Waals surface area contributed by atoms with Crippen LogP contribution in [0.2, 0.25) is 5.02 Å². The summed E-state index contributed by atoms with van der Waals surface area (Å²) in [5.74, 6) is -1.97. The fourth-order valence-corrected chi connectivity index (χ4v) is 4.19. The number of nitrogens with zero attached hydrogens (tertiary/aromatic N) is 2. The Kier molecular flexibility index (Phi) is 5.42. The third-order valence-corrected chi connectivity index (χ3v) is 5.89. The van der Waals surface area contributed by atoms with Crippen molar-refractivity contribution in [3.63, 3.8) is 0 Å².